The van der Waals surface area contributed by atoms with Crippen molar-refractivity contribution in [3.63, 3.8) is 0 Å². The molecule has 8 heteroatoms. The summed E-state index contributed by atoms with van der Waals surface area (Å²) in [5, 5.41) is 7.63. The molecule has 0 amide bonds. The van der Waals surface area contributed by atoms with E-state index in [1.54, 1.807) is 43.1 Å². The molecule has 0 unspecified atom stereocenters. The molecule has 7 nitrogen and oxygen atoms in total. The minimum Gasteiger partial charge on any atom is -0.336 e. The third-order valence-corrected chi connectivity index (χ3v) is 5.20. The van der Waals surface area contributed by atoms with Gasteiger partial charge in [-0.25, -0.2) is 9.37 Å². The van der Waals surface area contributed by atoms with Gasteiger partial charge in [0.1, 0.15) is 17.0 Å². The fourth-order valence-electron chi connectivity index (χ4n) is 3.75. The van der Waals surface area contributed by atoms with Gasteiger partial charge in [-0.1, -0.05) is 6.07 Å². The van der Waals surface area contributed by atoms with Gasteiger partial charge in [-0.15, -0.1) is 0 Å². The summed E-state index contributed by atoms with van der Waals surface area (Å²) in [5.41, 5.74) is 5.15. The van der Waals surface area contributed by atoms with E-state index >= 15 is 4.39 Å². The highest BCUT2D eigenvalue weighted by Crippen LogP contribution is 2.34. The van der Waals surface area contributed by atoms with Crippen molar-refractivity contribution in [3.8, 4) is 33.9 Å². The van der Waals surface area contributed by atoms with E-state index < -0.39 is 0 Å². The van der Waals surface area contributed by atoms with E-state index in [0.29, 0.717) is 44.8 Å². The first kappa shape index (κ1) is 17.4. The fourth-order valence-corrected chi connectivity index (χ4v) is 3.75. The van der Waals surface area contributed by atoms with Crippen molar-refractivity contribution >= 4 is 21.9 Å². The van der Waals surface area contributed by atoms with Gasteiger partial charge in [0.2, 0.25) is 0 Å². The van der Waals surface area contributed by atoms with Gasteiger partial charge in [-0.05, 0) is 36.4 Å². The Kier molecular flexibility index (Phi) is 3.82. The normalized spacial score (nSPS) is 11.4. The zero-order chi connectivity index (χ0) is 20.8. The number of pyridine rings is 3. The van der Waals surface area contributed by atoms with Crippen molar-refractivity contribution in [1.29, 1.82) is 0 Å². The fraction of sp³-hybridized carbons (Fsp3) is 0. The molecule has 31 heavy (non-hydrogen) atoms. The average molecular weight is 407 g/mol. The Morgan fingerprint density at radius 3 is 2.35 bits per heavy atom. The number of benzene rings is 1. The van der Waals surface area contributed by atoms with Crippen LogP contribution >= 0.6 is 0 Å². The van der Waals surface area contributed by atoms with Gasteiger partial charge in [0, 0.05) is 47.7 Å². The summed E-state index contributed by atoms with van der Waals surface area (Å²) in [6.45, 7) is 0. The maximum atomic E-state index is 15.6. The molecule has 0 bridgehead atoms. The highest BCUT2D eigenvalue weighted by molar-refractivity contribution is 5.98. The van der Waals surface area contributed by atoms with Gasteiger partial charge in [-0.3, -0.25) is 20.1 Å². The van der Waals surface area contributed by atoms with Crippen molar-refractivity contribution in [1.82, 2.24) is 35.1 Å². The summed E-state index contributed by atoms with van der Waals surface area (Å²) in [6.07, 6.45) is 8.44. The Hall–Kier alpha value is -4.46. The number of nitrogens with one attached hydrogen (secondary N) is 2. The number of aromatic nitrogens is 7. The largest absolute Gasteiger partial charge is 0.336 e. The van der Waals surface area contributed by atoms with Gasteiger partial charge >= 0.3 is 0 Å². The van der Waals surface area contributed by atoms with Crippen LogP contribution in [-0.2, 0) is 0 Å². The van der Waals surface area contributed by atoms with E-state index in [4.69, 9.17) is 4.98 Å². The molecule has 0 atom stereocenters. The Bertz CT molecular complexity index is 1540. The van der Waals surface area contributed by atoms with Crippen LogP contribution in [0.25, 0.3) is 55.8 Å². The van der Waals surface area contributed by atoms with E-state index in [2.05, 4.69) is 30.1 Å². The second-order valence-electron chi connectivity index (χ2n) is 7.05. The Balaban J connectivity index is 1.56. The average Bonchev–Trinajstić information content (AvgIpc) is 3.45. The first-order valence-electron chi connectivity index (χ1n) is 9.62. The third kappa shape index (κ3) is 2.77. The zero-order valence-electron chi connectivity index (χ0n) is 16.0. The van der Waals surface area contributed by atoms with Crippen LogP contribution in [0.2, 0.25) is 0 Å². The molecule has 5 heterocycles. The quantitative estimate of drug-likeness (QED) is 0.441. The number of aromatic amines is 2. The minimum atomic E-state index is -0.375. The summed E-state index contributed by atoms with van der Waals surface area (Å²) >= 11 is 0. The van der Waals surface area contributed by atoms with Crippen molar-refractivity contribution in [2.45, 2.75) is 0 Å². The van der Waals surface area contributed by atoms with Crippen molar-refractivity contribution < 1.29 is 4.39 Å². The molecule has 0 spiro atoms. The van der Waals surface area contributed by atoms with Crippen LogP contribution in [0.15, 0.2) is 73.4 Å². The first-order valence-corrected chi connectivity index (χ1v) is 9.62. The molecule has 6 aromatic rings. The van der Waals surface area contributed by atoms with Crippen LogP contribution in [0.3, 0.4) is 0 Å². The monoisotopic (exact) mass is 407 g/mol. The van der Waals surface area contributed by atoms with Crippen molar-refractivity contribution in [3.05, 3.63) is 79.3 Å². The number of rotatable bonds is 3. The minimum absolute atomic E-state index is 0.372. The van der Waals surface area contributed by atoms with Gasteiger partial charge in [0.25, 0.3) is 0 Å². The second-order valence-corrected chi connectivity index (χ2v) is 7.05. The lowest BCUT2D eigenvalue weighted by atomic mass is 10.0. The van der Waals surface area contributed by atoms with E-state index in [-0.39, 0.29) is 5.82 Å². The first-order chi connectivity index (χ1) is 15.3. The Morgan fingerprint density at radius 1 is 0.774 bits per heavy atom. The van der Waals surface area contributed by atoms with Crippen molar-refractivity contribution in [2.24, 2.45) is 0 Å². The summed E-state index contributed by atoms with van der Waals surface area (Å²) in [5.74, 6) is 0.0851. The smallest absolute Gasteiger partial charge is 0.159 e. The topological polar surface area (TPSA) is 96.0 Å². The molecule has 0 saturated carbocycles. The molecule has 148 valence electrons. The van der Waals surface area contributed by atoms with E-state index in [1.807, 2.05) is 30.3 Å². The molecular formula is C23H14FN7. The highest BCUT2D eigenvalue weighted by atomic mass is 19.1. The van der Waals surface area contributed by atoms with Gasteiger partial charge < -0.3 is 4.98 Å². The summed E-state index contributed by atoms with van der Waals surface area (Å²) < 4.78 is 15.6. The van der Waals surface area contributed by atoms with Gasteiger partial charge in [0.05, 0.1) is 22.1 Å². The number of fused-ring (bicyclic) bond motifs is 2. The van der Waals surface area contributed by atoms with E-state index in [9.17, 15) is 0 Å². The number of H-pyrrole nitrogens is 2. The standard InChI is InChI=1S/C23H14FN7/c24-19-15(13-3-1-8-25-11-13)5-6-16-18(19)22(31-30-16)23-28-17-7-10-27-20(21(17)29-23)14-4-2-9-26-12-14/h1-12H,(H,28,29)(H,30,31). The molecule has 2 N–H and O–H groups in total. The molecule has 0 aliphatic carbocycles. The predicted molar refractivity (Wildman–Crippen MR) is 115 cm³/mol. The second kappa shape index (κ2) is 6.81. The molecule has 0 fully saturated rings. The third-order valence-electron chi connectivity index (χ3n) is 5.20. The number of hydrogen-bond donors (Lipinski definition) is 2. The van der Waals surface area contributed by atoms with Gasteiger partial charge in [-0.2, -0.15) is 5.10 Å². The Labute approximate surface area is 175 Å². The van der Waals surface area contributed by atoms with Gasteiger partial charge in [0.15, 0.2) is 5.82 Å². The van der Waals surface area contributed by atoms with Crippen LogP contribution < -0.4 is 0 Å². The van der Waals surface area contributed by atoms with Crippen LogP contribution in [-0.4, -0.2) is 35.1 Å². The van der Waals surface area contributed by atoms with Crippen LogP contribution in [0.1, 0.15) is 0 Å². The summed E-state index contributed by atoms with van der Waals surface area (Å²) in [6, 6.07) is 12.7. The molecule has 6 rings (SSSR count). The highest BCUT2D eigenvalue weighted by Gasteiger charge is 2.20. The molecule has 0 aliphatic heterocycles. The number of imidazole rings is 1. The number of halogens is 1. The van der Waals surface area contributed by atoms with Crippen LogP contribution in [0.4, 0.5) is 4.39 Å². The van der Waals surface area contributed by atoms with Crippen LogP contribution in [0.5, 0.6) is 0 Å². The summed E-state index contributed by atoms with van der Waals surface area (Å²) in [7, 11) is 0. The SMILES string of the molecule is Fc1c(-c2cccnc2)ccc2[nH]nc(-c3nc4c(-c5cccnc5)nccc4[nH]3)c12. The maximum absolute atomic E-state index is 15.6. The molecule has 0 saturated heterocycles. The van der Waals surface area contributed by atoms with E-state index in [1.165, 1.54) is 0 Å². The molecule has 0 aliphatic rings. The lowest BCUT2D eigenvalue weighted by Crippen LogP contribution is -1.89. The lowest BCUT2D eigenvalue weighted by molar-refractivity contribution is 0.643. The molecular weight excluding hydrogens is 393 g/mol. The number of nitrogens with zero attached hydrogens (tertiary/aromatic N) is 5. The zero-order valence-corrected chi connectivity index (χ0v) is 16.0. The van der Waals surface area contributed by atoms with Crippen molar-refractivity contribution in [2.75, 3.05) is 0 Å². The van der Waals surface area contributed by atoms with Crippen LogP contribution in [0, 0.1) is 5.82 Å². The number of hydrogen-bond acceptors (Lipinski definition) is 5. The Morgan fingerprint density at radius 2 is 1.58 bits per heavy atom. The molecule has 0 radical (unpaired) electrons. The maximum Gasteiger partial charge on any atom is 0.159 e. The van der Waals surface area contributed by atoms with E-state index in [0.717, 1.165) is 11.1 Å². The lowest BCUT2D eigenvalue weighted by Gasteiger charge is -2.04. The summed E-state index contributed by atoms with van der Waals surface area (Å²) in [4.78, 5) is 20.7. The molecule has 5 aromatic heterocycles. The molecule has 1 aromatic carbocycles. The predicted octanol–water partition coefficient (Wildman–Crippen LogP) is 4.76.